The summed E-state index contributed by atoms with van der Waals surface area (Å²) < 4.78 is 0. The Morgan fingerprint density at radius 3 is 1.50 bits per heavy atom. The van der Waals surface area contributed by atoms with Crippen molar-refractivity contribution in [3.63, 3.8) is 0 Å². The van der Waals surface area contributed by atoms with Crippen LogP contribution in [0.3, 0.4) is 0 Å². The molecule has 2 rings (SSSR count). The molecule has 0 radical (unpaired) electrons. The predicted molar refractivity (Wildman–Crippen MR) is 61.5 cm³/mol. The van der Waals surface area contributed by atoms with Gasteiger partial charge in [0.15, 0.2) is 0 Å². The summed E-state index contributed by atoms with van der Waals surface area (Å²) in [7, 11) is 0.900. The Kier molecular flexibility index (Phi) is 3.09. The Labute approximate surface area is 79.0 Å². The van der Waals surface area contributed by atoms with Gasteiger partial charge in [-0.1, -0.05) is 0 Å². The molecule has 0 nitrogen and oxygen atoms in total. The standard InChI is InChI=1S/C10H20P2/c1-11-7-3-5-9(11)10-6-4-8-12(10)2/h9-10H,3-8H2,1-2H3/t9-,10-,11+,12+/m1/s1. The normalized spacial score (nSPS) is 48.5. The van der Waals surface area contributed by atoms with E-state index in [1.165, 1.54) is 11.3 Å². The van der Waals surface area contributed by atoms with Crippen LogP contribution in [0.5, 0.6) is 0 Å². The lowest BCUT2D eigenvalue weighted by molar-refractivity contribution is 0.696. The van der Waals surface area contributed by atoms with Gasteiger partial charge in [-0.2, -0.15) is 0 Å². The van der Waals surface area contributed by atoms with Crippen molar-refractivity contribution in [2.45, 2.75) is 37.0 Å². The summed E-state index contributed by atoms with van der Waals surface area (Å²) in [5, 5.41) is 0. The minimum absolute atomic E-state index is 0.450. The van der Waals surface area contributed by atoms with Gasteiger partial charge in [0.25, 0.3) is 0 Å². The fraction of sp³-hybridized carbons (Fsp3) is 1.00. The van der Waals surface area contributed by atoms with Crippen LogP contribution in [0.1, 0.15) is 25.7 Å². The van der Waals surface area contributed by atoms with Gasteiger partial charge in [0.1, 0.15) is 0 Å². The molecule has 2 aliphatic heterocycles. The van der Waals surface area contributed by atoms with E-state index in [9.17, 15) is 0 Å². The van der Waals surface area contributed by atoms with Gasteiger partial charge in [-0.25, -0.2) is 0 Å². The van der Waals surface area contributed by atoms with Gasteiger partial charge in [-0.3, -0.25) is 0 Å². The Morgan fingerprint density at radius 1 is 0.833 bits per heavy atom. The Bertz CT molecular complexity index is 140. The molecule has 12 heavy (non-hydrogen) atoms. The van der Waals surface area contributed by atoms with Crippen LogP contribution in [-0.2, 0) is 0 Å². The lowest BCUT2D eigenvalue weighted by Crippen LogP contribution is -2.16. The summed E-state index contributed by atoms with van der Waals surface area (Å²) in [6, 6.07) is 0. The number of hydrogen-bond acceptors (Lipinski definition) is 0. The first-order valence-corrected chi connectivity index (χ1v) is 9.28. The lowest BCUT2D eigenvalue weighted by atomic mass is 10.1. The first kappa shape index (κ1) is 9.42. The topological polar surface area (TPSA) is 0 Å². The largest absolute Gasteiger partial charge is 0.106 e. The van der Waals surface area contributed by atoms with E-state index in [1.807, 2.05) is 0 Å². The molecule has 0 unspecified atom stereocenters. The van der Waals surface area contributed by atoms with Crippen LogP contribution in [0, 0.1) is 0 Å². The molecule has 2 fully saturated rings. The zero-order valence-electron chi connectivity index (χ0n) is 8.29. The minimum Gasteiger partial charge on any atom is -0.106 e. The van der Waals surface area contributed by atoms with Crippen LogP contribution in [0.25, 0.3) is 0 Å². The molecule has 0 amide bonds. The van der Waals surface area contributed by atoms with Gasteiger partial charge in [-0.05, 0) is 62.7 Å². The quantitative estimate of drug-likeness (QED) is 0.570. The molecule has 0 aromatic rings. The summed E-state index contributed by atoms with van der Waals surface area (Å²) in [4.78, 5) is 0. The van der Waals surface area contributed by atoms with Crippen LogP contribution in [0.4, 0.5) is 0 Å². The van der Waals surface area contributed by atoms with Crippen molar-refractivity contribution in [1.29, 1.82) is 0 Å². The molecule has 0 aromatic carbocycles. The van der Waals surface area contributed by atoms with Crippen molar-refractivity contribution in [3.8, 4) is 0 Å². The lowest BCUT2D eigenvalue weighted by Gasteiger charge is -2.26. The molecule has 0 N–H and O–H groups in total. The van der Waals surface area contributed by atoms with E-state index >= 15 is 0 Å². The fourth-order valence-electron chi connectivity index (χ4n) is 2.84. The van der Waals surface area contributed by atoms with Gasteiger partial charge < -0.3 is 0 Å². The highest BCUT2D eigenvalue weighted by Gasteiger charge is 2.35. The van der Waals surface area contributed by atoms with E-state index in [-0.39, 0.29) is 0 Å². The zero-order chi connectivity index (χ0) is 8.55. The first-order valence-electron chi connectivity index (χ1n) is 5.19. The molecule has 2 saturated heterocycles. The van der Waals surface area contributed by atoms with Crippen molar-refractivity contribution in [2.24, 2.45) is 0 Å². The Morgan fingerprint density at radius 2 is 1.25 bits per heavy atom. The Hall–Kier alpha value is 0.860. The average Bonchev–Trinajstić information content (AvgIpc) is 2.59. The van der Waals surface area contributed by atoms with Gasteiger partial charge in [0, 0.05) is 0 Å². The molecule has 2 heterocycles. The third-order valence-electron chi connectivity index (χ3n) is 3.60. The molecule has 0 spiro atoms. The maximum atomic E-state index is 2.55. The smallest absolute Gasteiger partial charge is 0.0144 e. The van der Waals surface area contributed by atoms with Crippen LogP contribution >= 0.6 is 15.8 Å². The minimum atomic E-state index is 0.450. The predicted octanol–water partition coefficient (Wildman–Crippen LogP) is 3.53. The van der Waals surface area contributed by atoms with Gasteiger partial charge >= 0.3 is 0 Å². The third kappa shape index (κ3) is 1.71. The molecule has 2 aliphatic rings. The molecule has 0 bridgehead atoms. The molecule has 4 atom stereocenters. The molecular weight excluding hydrogens is 182 g/mol. The van der Waals surface area contributed by atoms with Gasteiger partial charge in [0.05, 0.1) is 0 Å². The van der Waals surface area contributed by atoms with Crippen LogP contribution < -0.4 is 0 Å². The molecule has 0 aromatic heterocycles. The van der Waals surface area contributed by atoms with E-state index in [0.29, 0.717) is 15.8 Å². The second-order valence-corrected chi connectivity index (χ2v) is 9.63. The number of hydrogen-bond donors (Lipinski definition) is 0. The van der Waals surface area contributed by atoms with Crippen molar-refractivity contribution in [3.05, 3.63) is 0 Å². The maximum Gasteiger partial charge on any atom is -0.0144 e. The molecule has 2 heteroatoms. The summed E-state index contributed by atoms with van der Waals surface area (Å²) in [6.07, 6.45) is 9.43. The van der Waals surface area contributed by atoms with Gasteiger partial charge in [0.2, 0.25) is 0 Å². The van der Waals surface area contributed by atoms with E-state index < -0.39 is 0 Å². The van der Waals surface area contributed by atoms with Crippen LogP contribution in [-0.4, -0.2) is 37.0 Å². The second-order valence-electron chi connectivity index (χ2n) is 4.38. The summed E-state index contributed by atoms with van der Waals surface area (Å²) in [5.41, 5.74) is 2.39. The van der Waals surface area contributed by atoms with Crippen molar-refractivity contribution in [2.75, 3.05) is 25.7 Å². The highest BCUT2D eigenvalue weighted by atomic mass is 31.1. The van der Waals surface area contributed by atoms with E-state index in [0.717, 1.165) is 0 Å². The van der Waals surface area contributed by atoms with E-state index in [1.54, 1.807) is 38.0 Å². The van der Waals surface area contributed by atoms with Gasteiger partial charge in [-0.15, -0.1) is 15.8 Å². The Balaban J connectivity index is 1.98. The summed E-state index contributed by atoms with van der Waals surface area (Å²) >= 11 is 0. The fourth-order valence-corrected chi connectivity index (χ4v) is 8.96. The first-order chi connectivity index (χ1) is 5.79. The third-order valence-corrected chi connectivity index (χ3v) is 9.38. The highest BCUT2D eigenvalue weighted by Crippen LogP contribution is 2.59. The summed E-state index contributed by atoms with van der Waals surface area (Å²) in [6.45, 7) is 5.10. The van der Waals surface area contributed by atoms with E-state index in [4.69, 9.17) is 0 Å². The maximum absolute atomic E-state index is 2.55. The summed E-state index contributed by atoms with van der Waals surface area (Å²) in [5.74, 6) is 0. The molecular formula is C10H20P2. The van der Waals surface area contributed by atoms with Crippen molar-refractivity contribution >= 4 is 15.8 Å². The average molecular weight is 202 g/mol. The monoisotopic (exact) mass is 202 g/mol. The number of rotatable bonds is 1. The van der Waals surface area contributed by atoms with Crippen LogP contribution in [0.2, 0.25) is 0 Å². The van der Waals surface area contributed by atoms with Crippen molar-refractivity contribution in [1.82, 2.24) is 0 Å². The second kappa shape index (κ2) is 3.93. The molecule has 0 aliphatic carbocycles. The molecule has 70 valence electrons. The molecule has 0 saturated carbocycles. The zero-order valence-corrected chi connectivity index (χ0v) is 10.1. The highest BCUT2D eigenvalue weighted by molar-refractivity contribution is 7.62. The van der Waals surface area contributed by atoms with Crippen molar-refractivity contribution < 1.29 is 0 Å². The van der Waals surface area contributed by atoms with E-state index in [2.05, 4.69) is 13.3 Å². The SMILES string of the molecule is C[P@@]1CCC[C@@H]1[C@H]1CCC[P@]1C. The van der Waals surface area contributed by atoms with Crippen LogP contribution in [0.15, 0.2) is 0 Å².